The monoisotopic (exact) mass is 322 g/mol. The van der Waals surface area contributed by atoms with E-state index >= 15 is 0 Å². The molecule has 0 heterocycles. The largest absolute Gasteiger partial charge is 0.462 e. The van der Waals surface area contributed by atoms with Crippen molar-refractivity contribution in [2.24, 2.45) is 0 Å². The van der Waals surface area contributed by atoms with Crippen LogP contribution in [-0.4, -0.2) is 5.78 Å². The van der Waals surface area contributed by atoms with Crippen LogP contribution in [0.5, 0.6) is 0 Å². The molecule has 19 heavy (non-hydrogen) atoms. The molecule has 0 saturated heterocycles. The molecule has 0 N–H and O–H groups in total. The molecule has 0 spiro atoms. The lowest BCUT2D eigenvalue weighted by atomic mass is 9.98. The second kappa shape index (κ2) is 6.20. The summed E-state index contributed by atoms with van der Waals surface area (Å²) in [4.78, 5) is 11.6. The summed E-state index contributed by atoms with van der Waals surface area (Å²) in [6.07, 6.45) is 0. The van der Waals surface area contributed by atoms with Gasteiger partial charge in [0.2, 0.25) is 0 Å². The number of hydrogen-bond acceptors (Lipinski definition) is 2. The lowest BCUT2D eigenvalue weighted by Gasteiger charge is -2.17. The smallest absolute Gasteiger partial charge is 0.159 e. The standard InChI is InChI=1S/C16H19BrO2/c1-9(2)19-16(12(5)13(6)18)14-7-8-15(17)11(4)10(14)3/h7-8H,1H2,2-6H3/b16-12+. The number of allylic oxidation sites excluding steroid dienone is 2. The van der Waals surface area contributed by atoms with Gasteiger partial charge in [-0.2, -0.15) is 0 Å². The van der Waals surface area contributed by atoms with E-state index in [1.54, 1.807) is 13.8 Å². The average molecular weight is 323 g/mol. The number of carbonyl (C=O) groups excluding carboxylic acids is 1. The molecule has 1 rings (SSSR count). The molecule has 0 aromatic heterocycles. The first-order valence-electron chi connectivity index (χ1n) is 6.07. The van der Waals surface area contributed by atoms with Gasteiger partial charge in [0.15, 0.2) is 5.78 Å². The van der Waals surface area contributed by atoms with E-state index < -0.39 is 0 Å². The molecule has 0 bridgehead atoms. The van der Waals surface area contributed by atoms with E-state index in [0.717, 1.165) is 21.2 Å². The predicted molar refractivity (Wildman–Crippen MR) is 82.8 cm³/mol. The highest BCUT2D eigenvalue weighted by atomic mass is 79.9. The van der Waals surface area contributed by atoms with E-state index in [1.807, 2.05) is 26.0 Å². The summed E-state index contributed by atoms with van der Waals surface area (Å²) < 4.78 is 6.73. The number of hydrogen-bond donors (Lipinski definition) is 0. The summed E-state index contributed by atoms with van der Waals surface area (Å²) in [6, 6.07) is 3.92. The molecule has 0 aliphatic heterocycles. The average Bonchev–Trinajstić information content (AvgIpc) is 2.32. The zero-order valence-corrected chi connectivity index (χ0v) is 13.6. The van der Waals surface area contributed by atoms with E-state index in [2.05, 4.69) is 22.5 Å². The second-order valence-corrected chi connectivity index (χ2v) is 5.51. The van der Waals surface area contributed by atoms with Crippen LogP contribution in [0, 0.1) is 13.8 Å². The molecule has 0 saturated carbocycles. The van der Waals surface area contributed by atoms with Crippen LogP contribution < -0.4 is 0 Å². The molecular weight excluding hydrogens is 304 g/mol. The molecule has 0 aliphatic carbocycles. The van der Waals surface area contributed by atoms with Crippen molar-refractivity contribution in [2.75, 3.05) is 0 Å². The molecule has 0 amide bonds. The molecule has 0 radical (unpaired) electrons. The van der Waals surface area contributed by atoms with Gasteiger partial charge in [-0.3, -0.25) is 4.79 Å². The molecule has 1 aromatic rings. The van der Waals surface area contributed by atoms with Crippen LogP contribution in [0.4, 0.5) is 0 Å². The van der Waals surface area contributed by atoms with Crippen molar-refractivity contribution in [2.45, 2.75) is 34.6 Å². The van der Waals surface area contributed by atoms with Crippen molar-refractivity contribution in [3.8, 4) is 0 Å². The Morgan fingerprint density at radius 2 is 1.74 bits per heavy atom. The second-order valence-electron chi connectivity index (χ2n) is 4.66. The first-order valence-corrected chi connectivity index (χ1v) is 6.86. The Kier molecular flexibility index (Phi) is 5.12. The summed E-state index contributed by atoms with van der Waals surface area (Å²) >= 11 is 3.50. The van der Waals surface area contributed by atoms with Gasteiger partial charge < -0.3 is 4.74 Å². The number of ether oxygens (including phenoxy) is 1. The molecule has 0 unspecified atom stereocenters. The highest BCUT2D eigenvalue weighted by molar-refractivity contribution is 9.10. The fourth-order valence-corrected chi connectivity index (χ4v) is 2.13. The molecule has 2 nitrogen and oxygen atoms in total. The van der Waals surface area contributed by atoms with Crippen LogP contribution in [0.25, 0.3) is 5.76 Å². The van der Waals surface area contributed by atoms with Gasteiger partial charge in [-0.05, 0) is 57.9 Å². The van der Waals surface area contributed by atoms with Crippen molar-refractivity contribution in [3.63, 3.8) is 0 Å². The maximum absolute atomic E-state index is 11.6. The van der Waals surface area contributed by atoms with Crippen LogP contribution in [0.3, 0.4) is 0 Å². The first-order chi connectivity index (χ1) is 8.75. The van der Waals surface area contributed by atoms with Crippen molar-refractivity contribution < 1.29 is 9.53 Å². The normalized spacial score (nSPS) is 11.9. The highest BCUT2D eigenvalue weighted by Crippen LogP contribution is 2.30. The van der Waals surface area contributed by atoms with E-state index in [-0.39, 0.29) is 5.78 Å². The number of carbonyl (C=O) groups is 1. The van der Waals surface area contributed by atoms with Crippen molar-refractivity contribution in [1.82, 2.24) is 0 Å². The topological polar surface area (TPSA) is 26.3 Å². The summed E-state index contributed by atoms with van der Waals surface area (Å²) in [5.41, 5.74) is 3.76. The number of benzene rings is 1. The molecule has 102 valence electrons. The van der Waals surface area contributed by atoms with Gasteiger partial charge in [-0.15, -0.1) is 0 Å². The van der Waals surface area contributed by atoms with Gasteiger partial charge >= 0.3 is 0 Å². The van der Waals surface area contributed by atoms with Crippen LogP contribution in [0.15, 0.2) is 34.5 Å². The third kappa shape index (κ3) is 3.57. The maximum atomic E-state index is 11.6. The fraction of sp³-hybridized carbons (Fsp3) is 0.312. The van der Waals surface area contributed by atoms with E-state index in [1.165, 1.54) is 6.92 Å². The highest BCUT2D eigenvalue weighted by Gasteiger charge is 2.16. The van der Waals surface area contributed by atoms with E-state index in [0.29, 0.717) is 17.1 Å². The van der Waals surface area contributed by atoms with Crippen LogP contribution in [0.1, 0.15) is 37.5 Å². The Hall–Kier alpha value is -1.35. The molecule has 0 aliphatic rings. The van der Waals surface area contributed by atoms with Crippen molar-refractivity contribution in [3.05, 3.63) is 51.2 Å². The zero-order chi connectivity index (χ0) is 14.7. The summed E-state index contributed by atoms with van der Waals surface area (Å²) in [5, 5.41) is 0. The van der Waals surface area contributed by atoms with E-state index in [9.17, 15) is 4.79 Å². The summed E-state index contributed by atoms with van der Waals surface area (Å²) in [5.74, 6) is 1.15. The lowest BCUT2D eigenvalue weighted by molar-refractivity contribution is -0.113. The van der Waals surface area contributed by atoms with Crippen LogP contribution >= 0.6 is 15.9 Å². The van der Waals surface area contributed by atoms with Crippen LogP contribution in [-0.2, 0) is 9.53 Å². The van der Waals surface area contributed by atoms with Crippen molar-refractivity contribution >= 4 is 27.5 Å². The van der Waals surface area contributed by atoms with Gasteiger partial charge in [0.1, 0.15) is 5.76 Å². The van der Waals surface area contributed by atoms with Gasteiger partial charge in [0.25, 0.3) is 0 Å². The van der Waals surface area contributed by atoms with Crippen LogP contribution in [0.2, 0.25) is 0 Å². The fourth-order valence-electron chi connectivity index (χ4n) is 1.70. The quantitative estimate of drug-likeness (QED) is 0.580. The maximum Gasteiger partial charge on any atom is 0.159 e. The lowest BCUT2D eigenvalue weighted by Crippen LogP contribution is -2.03. The Morgan fingerprint density at radius 3 is 2.21 bits per heavy atom. The Bertz CT molecular complexity index is 568. The molecule has 0 fully saturated rings. The molecule has 3 heteroatoms. The Balaban J connectivity index is 3.51. The van der Waals surface area contributed by atoms with Gasteiger partial charge in [0.05, 0.1) is 5.76 Å². The molecular formula is C16H19BrO2. The Labute approximate surface area is 123 Å². The minimum Gasteiger partial charge on any atom is -0.462 e. The van der Waals surface area contributed by atoms with Gasteiger partial charge in [-0.1, -0.05) is 22.5 Å². The number of Topliss-reactive ketones (excluding diaryl/α,β-unsaturated/α-hetero) is 1. The summed E-state index contributed by atoms with van der Waals surface area (Å²) in [7, 11) is 0. The van der Waals surface area contributed by atoms with Gasteiger partial charge in [0, 0.05) is 15.6 Å². The number of rotatable bonds is 4. The number of ketones is 1. The SMILES string of the molecule is C=C(C)O/C(=C(\C)C(C)=O)c1ccc(Br)c(C)c1C. The van der Waals surface area contributed by atoms with E-state index in [4.69, 9.17) is 4.74 Å². The van der Waals surface area contributed by atoms with Crippen molar-refractivity contribution in [1.29, 1.82) is 0 Å². The van der Waals surface area contributed by atoms with Gasteiger partial charge in [-0.25, -0.2) is 0 Å². The minimum absolute atomic E-state index is 0.00350. The third-order valence-corrected chi connectivity index (χ3v) is 3.97. The molecule has 1 aromatic carbocycles. The summed E-state index contributed by atoms with van der Waals surface area (Å²) in [6.45, 7) is 12.9. The number of halogens is 1. The first kappa shape index (κ1) is 15.7. The third-order valence-electron chi connectivity index (χ3n) is 3.11. The Morgan fingerprint density at radius 1 is 1.16 bits per heavy atom. The zero-order valence-electron chi connectivity index (χ0n) is 12.1. The minimum atomic E-state index is -0.00350. The molecule has 0 atom stereocenters. The predicted octanol–water partition coefficient (Wildman–Crippen LogP) is 4.94.